The minimum Gasteiger partial charge on any atom is -0.329 e. The van der Waals surface area contributed by atoms with Gasteiger partial charge in [0.15, 0.2) is 10.9 Å². The van der Waals surface area contributed by atoms with E-state index in [-0.39, 0.29) is 11.0 Å². The molecule has 1 aliphatic rings. The van der Waals surface area contributed by atoms with Gasteiger partial charge < -0.3 is 4.57 Å². The summed E-state index contributed by atoms with van der Waals surface area (Å²) in [5, 5.41) is 0.766. The Morgan fingerprint density at radius 1 is 1.35 bits per heavy atom. The maximum absolute atomic E-state index is 12.5. The fourth-order valence-corrected chi connectivity index (χ4v) is 3.55. The van der Waals surface area contributed by atoms with Gasteiger partial charge in [-0.25, -0.2) is 4.98 Å². The van der Waals surface area contributed by atoms with Crippen molar-refractivity contribution in [2.75, 3.05) is 0 Å². The van der Waals surface area contributed by atoms with Crippen LogP contribution in [0, 0.1) is 0 Å². The first-order valence-electron chi connectivity index (χ1n) is 6.95. The first-order valence-corrected chi connectivity index (χ1v) is 7.83. The Hall–Kier alpha value is -1.55. The molecule has 0 N–H and O–H groups in total. The van der Waals surface area contributed by atoms with Crippen LogP contribution in [0.25, 0.3) is 0 Å². The van der Waals surface area contributed by atoms with Gasteiger partial charge >= 0.3 is 0 Å². The zero-order chi connectivity index (χ0) is 14.1. The molecule has 3 nitrogen and oxygen atoms in total. The van der Waals surface area contributed by atoms with Gasteiger partial charge in [0.05, 0.1) is 5.25 Å². The lowest BCUT2D eigenvalue weighted by atomic mass is 10.0. The summed E-state index contributed by atoms with van der Waals surface area (Å²) in [6, 6.07) is 6.18. The molecule has 0 saturated carbocycles. The third-order valence-corrected chi connectivity index (χ3v) is 4.98. The Labute approximate surface area is 123 Å². The van der Waals surface area contributed by atoms with Gasteiger partial charge in [-0.15, -0.1) is 0 Å². The topological polar surface area (TPSA) is 34.9 Å². The van der Waals surface area contributed by atoms with E-state index in [1.807, 2.05) is 30.8 Å². The lowest BCUT2D eigenvalue weighted by Gasteiger charge is -2.11. The lowest BCUT2D eigenvalue weighted by molar-refractivity contribution is 0.0994. The molecule has 0 spiro atoms. The third-order valence-electron chi connectivity index (χ3n) is 3.81. The highest BCUT2D eigenvalue weighted by Crippen LogP contribution is 2.27. The molecule has 3 rings (SSSR count). The molecule has 4 heteroatoms. The van der Waals surface area contributed by atoms with Gasteiger partial charge in [0.25, 0.3) is 0 Å². The fourth-order valence-electron chi connectivity index (χ4n) is 2.64. The van der Waals surface area contributed by atoms with Crippen molar-refractivity contribution in [3.8, 4) is 0 Å². The number of aromatic nitrogens is 2. The molecule has 1 aliphatic carbocycles. The molecule has 104 valence electrons. The highest BCUT2D eigenvalue weighted by Gasteiger charge is 2.20. The van der Waals surface area contributed by atoms with E-state index in [1.54, 1.807) is 6.20 Å². The number of nitrogens with zero attached hydrogens (tertiary/aromatic N) is 2. The summed E-state index contributed by atoms with van der Waals surface area (Å²) < 4.78 is 1.94. The maximum Gasteiger partial charge on any atom is 0.176 e. The molecule has 0 radical (unpaired) electrons. The van der Waals surface area contributed by atoms with Gasteiger partial charge in [-0.2, -0.15) is 0 Å². The van der Waals surface area contributed by atoms with Crippen LogP contribution < -0.4 is 0 Å². The van der Waals surface area contributed by atoms with Crippen LogP contribution in [-0.4, -0.2) is 20.6 Å². The van der Waals surface area contributed by atoms with Crippen LogP contribution in [0.1, 0.15) is 34.8 Å². The number of thioether (sulfide) groups is 1. The molecular formula is C16H18N2OS. The van der Waals surface area contributed by atoms with E-state index in [4.69, 9.17) is 0 Å². The summed E-state index contributed by atoms with van der Waals surface area (Å²) in [4.78, 5) is 16.8. The minimum absolute atomic E-state index is 0.115. The molecule has 0 saturated heterocycles. The van der Waals surface area contributed by atoms with Gasteiger partial charge in [-0.1, -0.05) is 23.9 Å². The van der Waals surface area contributed by atoms with Crippen LogP contribution in [0.4, 0.5) is 0 Å². The van der Waals surface area contributed by atoms with E-state index < -0.39 is 0 Å². The predicted molar refractivity (Wildman–Crippen MR) is 81.3 cm³/mol. The van der Waals surface area contributed by atoms with E-state index in [1.165, 1.54) is 29.3 Å². The highest BCUT2D eigenvalue weighted by atomic mass is 32.2. The van der Waals surface area contributed by atoms with E-state index in [0.717, 1.165) is 23.6 Å². The van der Waals surface area contributed by atoms with E-state index in [2.05, 4.69) is 17.1 Å². The average molecular weight is 286 g/mol. The van der Waals surface area contributed by atoms with Crippen LogP contribution >= 0.6 is 11.8 Å². The molecular weight excluding hydrogens is 268 g/mol. The number of Topliss-reactive ketones (excluding diaryl/α,β-unsaturated/α-hetero) is 1. The van der Waals surface area contributed by atoms with Crippen molar-refractivity contribution in [3.05, 3.63) is 47.3 Å². The molecule has 0 unspecified atom stereocenters. The summed E-state index contributed by atoms with van der Waals surface area (Å²) in [6.07, 6.45) is 7.13. The first kappa shape index (κ1) is 13.4. The van der Waals surface area contributed by atoms with Crippen LogP contribution in [-0.2, 0) is 19.9 Å². The number of hydrogen-bond donors (Lipinski definition) is 0. The molecule has 0 bridgehead atoms. The first-order chi connectivity index (χ1) is 9.65. The molecule has 0 aliphatic heterocycles. The Bertz CT molecular complexity index is 648. The quantitative estimate of drug-likeness (QED) is 0.639. The molecule has 20 heavy (non-hydrogen) atoms. The van der Waals surface area contributed by atoms with E-state index in [9.17, 15) is 4.79 Å². The number of rotatable bonds is 4. The van der Waals surface area contributed by atoms with Crippen LogP contribution in [0.5, 0.6) is 0 Å². The summed E-state index contributed by atoms with van der Waals surface area (Å²) in [5.41, 5.74) is 3.59. The van der Waals surface area contributed by atoms with Gasteiger partial charge in [-0.3, -0.25) is 4.79 Å². The molecule has 2 aromatic rings. The number of carbonyl (C=O) groups excluding carboxylic acids is 1. The Balaban J connectivity index is 1.76. The molecule has 0 amide bonds. The zero-order valence-electron chi connectivity index (χ0n) is 11.8. The lowest BCUT2D eigenvalue weighted by Crippen LogP contribution is -2.14. The Kier molecular flexibility index (Phi) is 3.66. The summed E-state index contributed by atoms with van der Waals surface area (Å²) in [6.45, 7) is 1.95. The second-order valence-electron chi connectivity index (χ2n) is 5.28. The molecule has 1 heterocycles. The number of fused-ring (bicyclic) bond motifs is 1. The van der Waals surface area contributed by atoms with Gasteiger partial charge in [0.2, 0.25) is 0 Å². The van der Waals surface area contributed by atoms with Crippen molar-refractivity contribution in [1.82, 2.24) is 9.55 Å². The third kappa shape index (κ3) is 2.52. The number of benzene rings is 1. The molecule has 1 aromatic heterocycles. The van der Waals surface area contributed by atoms with Crippen molar-refractivity contribution >= 4 is 17.5 Å². The van der Waals surface area contributed by atoms with Crippen molar-refractivity contribution < 1.29 is 4.79 Å². The molecule has 1 atom stereocenters. The zero-order valence-corrected chi connectivity index (χ0v) is 12.6. The Morgan fingerprint density at radius 3 is 2.90 bits per heavy atom. The monoisotopic (exact) mass is 286 g/mol. The van der Waals surface area contributed by atoms with Crippen molar-refractivity contribution in [2.45, 2.75) is 36.6 Å². The summed E-state index contributed by atoms with van der Waals surface area (Å²) in [5.74, 6) is 0.188. The molecule has 1 aromatic carbocycles. The largest absolute Gasteiger partial charge is 0.329 e. The second-order valence-corrected chi connectivity index (χ2v) is 6.59. The van der Waals surface area contributed by atoms with Crippen molar-refractivity contribution in [2.24, 2.45) is 7.05 Å². The standard InChI is InChI=1S/C16H18N2OS/c1-11(20-16-17-8-9-18(16)2)15(19)14-7-6-12-4-3-5-13(12)10-14/h6-11H,3-5H2,1-2H3/t11-/m0/s1. The van der Waals surface area contributed by atoms with Crippen LogP contribution in [0.15, 0.2) is 35.7 Å². The van der Waals surface area contributed by atoms with Crippen molar-refractivity contribution in [3.63, 3.8) is 0 Å². The van der Waals surface area contributed by atoms with Gasteiger partial charge in [-0.05, 0) is 43.4 Å². The van der Waals surface area contributed by atoms with E-state index in [0.29, 0.717) is 0 Å². The summed E-state index contributed by atoms with van der Waals surface area (Å²) in [7, 11) is 1.95. The number of aryl methyl sites for hydroxylation is 3. The van der Waals surface area contributed by atoms with Crippen LogP contribution in [0.2, 0.25) is 0 Å². The number of imidazole rings is 1. The minimum atomic E-state index is -0.115. The smallest absolute Gasteiger partial charge is 0.176 e. The number of hydrogen-bond acceptors (Lipinski definition) is 3. The van der Waals surface area contributed by atoms with Gasteiger partial charge in [0.1, 0.15) is 0 Å². The SMILES string of the molecule is C[C@H](Sc1nccn1C)C(=O)c1ccc2c(c1)CCC2. The second kappa shape index (κ2) is 5.44. The normalized spacial score (nSPS) is 15.1. The van der Waals surface area contributed by atoms with E-state index >= 15 is 0 Å². The maximum atomic E-state index is 12.5. The fraction of sp³-hybridized carbons (Fsp3) is 0.375. The summed E-state index contributed by atoms with van der Waals surface area (Å²) >= 11 is 1.52. The highest BCUT2D eigenvalue weighted by molar-refractivity contribution is 8.00. The van der Waals surface area contributed by atoms with Crippen molar-refractivity contribution in [1.29, 1.82) is 0 Å². The van der Waals surface area contributed by atoms with Gasteiger partial charge in [0, 0.05) is 25.0 Å². The number of carbonyl (C=O) groups is 1. The number of ketones is 1. The molecule has 0 fully saturated rings. The average Bonchev–Trinajstić information content (AvgIpc) is 3.06. The van der Waals surface area contributed by atoms with Crippen LogP contribution in [0.3, 0.4) is 0 Å². The Morgan fingerprint density at radius 2 is 2.15 bits per heavy atom. The predicted octanol–water partition coefficient (Wildman–Crippen LogP) is 3.27.